The van der Waals surface area contributed by atoms with Crippen LogP contribution in [0.15, 0.2) is 78.9 Å². The van der Waals surface area contributed by atoms with E-state index in [-0.39, 0.29) is 11.8 Å². The second-order valence-corrected chi connectivity index (χ2v) is 7.62. The van der Waals surface area contributed by atoms with Crippen LogP contribution in [0.4, 0.5) is 0 Å². The molecule has 4 heteroatoms. The number of fused-ring (bicyclic) bond motifs is 1. The van der Waals surface area contributed by atoms with Gasteiger partial charge in [0.25, 0.3) is 5.91 Å². The van der Waals surface area contributed by atoms with E-state index in [0.29, 0.717) is 18.7 Å². The molecule has 30 heavy (non-hydrogen) atoms. The maximum Gasteiger partial charge on any atom is 0.255 e. The molecule has 3 aromatic carbocycles. The van der Waals surface area contributed by atoms with Crippen molar-refractivity contribution >= 4 is 11.8 Å². The zero-order chi connectivity index (χ0) is 20.9. The molecule has 2 amide bonds. The van der Waals surface area contributed by atoms with Crippen molar-refractivity contribution in [2.45, 2.75) is 32.4 Å². The topological polar surface area (TPSA) is 49.4 Å². The van der Waals surface area contributed by atoms with Crippen LogP contribution in [0, 0.1) is 0 Å². The van der Waals surface area contributed by atoms with Gasteiger partial charge in [-0.2, -0.15) is 0 Å². The van der Waals surface area contributed by atoms with Crippen molar-refractivity contribution in [2.75, 3.05) is 6.54 Å². The van der Waals surface area contributed by atoms with E-state index in [9.17, 15) is 9.59 Å². The monoisotopic (exact) mass is 398 g/mol. The predicted octanol–water partition coefficient (Wildman–Crippen LogP) is 4.31. The molecule has 1 aliphatic rings. The molecule has 0 aliphatic carbocycles. The van der Waals surface area contributed by atoms with Gasteiger partial charge in [-0.15, -0.1) is 0 Å². The molecular formula is C26H26N2O2. The average molecular weight is 399 g/mol. The van der Waals surface area contributed by atoms with Crippen LogP contribution in [0.25, 0.3) is 0 Å². The summed E-state index contributed by atoms with van der Waals surface area (Å²) in [6.45, 7) is 3.06. The summed E-state index contributed by atoms with van der Waals surface area (Å²) in [6, 6.07) is 25.1. The Morgan fingerprint density at radius 2 is 1.53 bits per heavy atom. The normalized spacial score (nSPS) is 15.2. The van der Waals surface area contributed by atoms with Gasteiger partial charge in [-0.05, 0) is 41.2 Å². The number of aryl methyl sites for hydroxylation is 1. The van der Waals surface area contributed by atoms with E-state index < -0.39 is 6.04 Å². The summed E-state index contributed by atoms with van der Waals surface area (Å²) in [4.78, 5) is 27.9. The first-order valence-electron chi connectivity index (χ1n) is 10.5. The minimum atomic E-state index is -0.602. The molecule has 0 bridgehead atoms. The summed E-state index contributed by atoms with van der Waals surface area (Å²) in [5.41, 5.74) is 4.85. The Balaban J connectivity index is 1.52. The number of carbonyl (C=O) groups excluding carboxylic acids is 2. The number of rotatable bonds is 7. The van der Waals surface area contributed by atoms with Crippen LogP contribution in [0.2, 0.25) is 0 Å². The minimum absolute atomic E-state index is 0.0895. The Labute approximate surface area is 177 Å². The number of carbonyl (C=O) groups is 2. The van der Waals surface area contributed by atoms with E-state index >= 15 is 0 Å². The molecular weight excluding hydrogens is 372 g/mol. The lowest BCUT2D eigenvalue weighted by Gasteiger charge is -2.25. The van der Waals surface area contributed by atoms with Gasteiger partial charge in [0.05, 0.1) is 0 Å². The van der Waals surface area contributed by atoms with Crippen molar-refractivity contribution in [2.24, 2.45) is 0 Å². The third-order valence-electron chi connectivity index (χ3n) is 5.65. The Bertz CT molecular complexity index is 1030. The van der Waals surface area contributed by atoms with Crippen LogP contribution in [0.1, 0.15) is 45.6 Å². The predicted molar refractivity (Wildman–Crippen MR) is 118 cm³/mol. The molecule has 4 rings (SSSR count). The van der Waals surface area contributed by atoms with Crippen LogP contribution in [-0.4, -0.2) is 23.3 Å². The van der Waals surface area contributed by atoms with E-state index in [2.05, 4.69) is 24.4 Å². The molecule has 1 N–H and O–H groups in total. The Morgan fingerprint density at radius 3 is 2.27 bits per heavy atom. The first-order chi connectivity index (χ1) is 14.7. The van der Waals surface area contributed by atoms with Gasteiger partial charge < -0.3 is 10.2 Å². The summed E-state index contributed by atoms with van der Waals surface area (Å²) in [6.07, 6.45) is 1.73. The van der Waals surface area contributed by atoms with Gasteiger partial charge >= 0.3 is 0 Å². The molecule has 1 atom stereocenters. The van der Waals surface area contributed by atoms with Gasteiger partial charge in [0.15, 0.2) is 0 Å². The second-order valence-electron chi connectivity index (χ2n) is 7.62. The number of amides is 2. The summed E-state index contributed by atoms with van der Waals surface area (Å²) >= 11 is 0. The highest BCUT2D eigenvalue weighted by molar-refractivity contribution is 6.04. The molecule has 3 aromatic rings. The molecule has 4 nitrogen and oxygen atoms in total. The number of hydrogen-bond donors (Lipinski definition) is 1. The molecule has 0 radical (unpaired) electrons. The molecule has 0 spiro atoms. The molecule has 0 fully saturated rings. The highest BCUT2D eigenvalue weighted by atomic mass is 16.2. The second kappa shape index (κ2) is 8.95. The van der Waals surface area contributed by atoms with E-state index in [0.717, 1.165) is 24.0 Å². The summed E-state index contributed by atoms with van der Waals surface area (Å²) in [7, 11) is 0. The molecule has 0 saturated heterocycles. The van der Waals surface area contributed by atoms with Crippen molar-refractivity contribution in [3.63, 3.8) is 0 Å². The van der Waals surface area contributed by atoms with Gasteiger partial charge in [0, 0.05) is 18.7 Å². The smallest absolute Gasteiger partial charge is 0.255 e. The molecule has 0 saturated carbocycles. The van der Waals surface area contributed by atoms with E-state index in [1.165, 1.54) is 11.1 Å². The lowest BCUT2D eigenvalue weighted by molar-refractivity contribution is -0.125. The fourth-order valence-electron chi connectivity index (χ4n) is 3.96. The summed E-state index contributed by atoms with van der Waals surface area (Å²) < 4.78 is 0. The fraction of sp³-hybridized carbons (Fsp3) is 0.231. The van der Waals surface area contributed by atoms with E-state index in [1.54, 1.807) is 4.90 Å². The van der Waals surface area contributed by atoms with Crippen molar-refractivity contribution < 1.29 is 9.59 Å². The van der Waals surface area contributed by atoms with Crippen LogP contribution in [0.3, 0.4) is 0 Å². The average Bonchev–Trinajstić information content (AvgIpc) is 3.07. The van der Waals surface area contributed by atoms with Crippen molar-refractivity contribution in [3.05, 3.63) is 107 Å². The van der Waals surface area contributed by atoms with Crippen LogP contribution < -0.4 is 5.32 Å². The Morgan fingerprint density at radius 1 is 0.867 bits per heavy atom. The van der Waals surface area contributed by atoms with Crippen molar-refractivity contribution in [1.29, 1.82) is 0 Å². The number of nitrogens with one attached hydrogen (secondary N) is 1. The van der Waals surface area contributed by atoms with E-state index in [4.69, 9.17) is 0 Å². The number of nitrogens with zero attached hydrogens (tertiary/aromatic N) is 1. The maximum absolute atomic E-state index is 13.1. The summed E-state index contributed by atoms with van der Waals surface area (Å²) in [5.74, 6) is -0.220. The SMILES string of the molecule is CCc1ccc(CN2C(=O)c3ccccc3[C@H]2C(=O)NCCc2ccccc2)cc1. The van der Waals surface area contributed by atoms with Crippen LogP contribution in [-0.2, 0) is 24.2 Å². The first-order valence-corrected chi connectivity index (χ1v) is 10.5. The minimum Gasteiger partial charge on any atom is -0.354 e. The molecule has 0 aromatic heterocycles. The van der Waals surface area contributed by atoms with Crippen LogP contribution in [0.5, 0.6) is 0 Å². The molecule has 152 valence electrons. The van der Waals surface area contributed by atoms with Gasteiger partial charge in [0.2, 0.25) is 5.91 Å². The zero-order valence-electron chi connectivity index (χ0n) is 17.2. The molecule has 0 unspecified atom stereocenters. The first kappa shape index (κ1) is 19.9. The van der Waals surface area contributed by atoms with Gasteiger partial charge in [0.1, 0.15) is 6.04 Å². The third-order valence-corrected chi connectivity index (χ3v) is 5.65. The molecule has 1 heterocycles. The number of hydrogen-bond acceptors (Lipinski definition) is 2. The lowest BCUT2D eigenvalue weighted by atomic mass is 10.0. The zero-order valence-corrected chi connectivity index (χ0v) is 17.2. The quantitative estimate of drug-likeness (QED) is 0.645. The van der Waals surface area contributed by atoms with Crippen LogP contribution >= 0.6 is 0 Å². The third kappa shape index (κ3) is 4.13. The fourth-order valence-corrected chi connectivity index (χ4v) is 3.96. The standard InChI is InChI=1S/C26H26N2O2/c1-2-19-12-14-21(15-13-19)18-28-24(22-10-6-7-11-23(22)26(28)30)25(29)27-17-16-20-8-4-3-5-9-20/h3-15,24H,2,16-18H2,1H3,(H,27,29)/t24-/m0/s1. The molecule has 1 aliphatic heterocycles. The maximum atomic E-state index is 13.1. The Hall–Kier alpha value is -3.40. The van der Waals surface area contributed by atoms with Gasteiger partial charge in [-0.25, -0.2) is 0 Å². The highest BCUT2D eigenvalue weighted by Crippen LogP contribution is 2.35. The largest absolute Gasteiger partial charge is 0.354 e. The Kier molecular flexibility index (Phi) is 5.94. The highest BCUT2D eigenvalue weighted by Gasteiger charge is 2.40. The van der Waals surface area contributed by atoms with E-state index in [1.807, 2.05) is 66.7 Å². The van der Waals surface area contributed by atoms with Crippen molar-refractivity contribution in [3.8, 4) is 0 Å². The van der Waals surface area contributed by atoms with Gasteiger partial charge in [-0.3, -0.25) is 9.59 Å². The lowest BCUT2D eigenvalue weighted by Crippen LogP contribution is -2.39. The number of benzene rings is 3. The van der Waals surface area contributed by atoms with Crippen molar-refractivity contribution in [1.82, 2.24) is 10.2 Å². The summed E-state index contributed by atoms with van der Waals surface area (Å²) in [5, 5.41) is 3.04. The van der Waals surface area contributed by atoms with Gasteiger partial charge in [-0.1, -0.05) is 79.7 Å².